The van der Waals surface area contributed by atoms with Crippen LogP contribution in [-0.4, -0.2) is 223 Å². The first kappa shape index (κ1) is 111. The summed E-state index contributed by atoms with van der Waals surface area (Å²) < 4.78 is 34.9. The highest BCUT2D eigenvalue weighted by molar-refractivity contribution is 7.91. The zero-order valence-corrected chi connectivity index (χ0v) is 90.5. The smallest absolute Gasteiger partial charge is 0.226 e. The Hall–Kier alpha value is -8.86. The summed E-state index contributed by atoms with van der Waals surface area (Å²) in [6.07, 6.45) is 39.3. The number of sulfone groups is 1. The lowest BCUT2D eigenvalue weighted by molar-refractivity contribution is -0.142. The maximum Gasteiger partial charge on any atom is 0.226 e. The SMILES string of the molecule is CNC(C)C(=O)CC(C(=O)N1CCCC1Cn1cc(-c2ccnn2C)c2cc(Cl)ccc21)C1CCCCC1.CNC(C)C(=O)CC(C(=O)N1CCCC1Cn1cc(C(C)=O)c2cc(Cl)c(Cl)cc21)C1CCCCC1.CNC(C)C(=O)CC(C(=O)N1CCCC1Cn1cc(S(C)(=O)=O)c2cc(Cl)ccc21)C1CCCCC1.CNC(C)C(=O)CC(C(=O)N1CCCC1Cn1nc(C#N)c2cc(Cl)ccc21)C1CCCCC1. The molecular weight excluding hydrogens is 1940 g/mol. The van der Waals surface area contributed by atoms with Crippen molar-refractivity contribution in [1.29, 1.82) is 5.26 Å². The molecule has 8 fully saturated rings. The minimum atomic E-state index is -3.44. The van der Waals surface area contributed by atoms with Gasteiger partial charge in [-0.25, -0.2) is 8.42 Å². The number of hydrogen-bond acceptors (Lipinski definition) is 18. The standard InChI is InChI=1S/C30H40ClN5O2.C28H37Cl2N3O3.C27H38ClN3O4S.C26H34ClN5O2/c1-20(32-2)29(37)17-24(21-8-5-4-6-9-21)30(38)36-15-7-10-23(36)18-35-19-26(27-13-14-33-34(27)3)25-16-22(31)11-12-28(25)35;1-17(31-3)27(35)13-21(19-8-5-4-6-9-19)28(36)33-11-7-10-20(33)15-32-16-23(18(2)34)22-12-24(29)25(30)14-26(22)32;1-18(29-2)25(32)15-22(19-8-5-4-6-9-19)27(33)31-13-7-10-21(31)16-30-17-26(36(3,34)35)23-14-20(28)11-12-24(23)30;1-17(29-2)25(33)14-21(18-7-4-3-5-8-18)26(34)31-12-6-9-20(31)16-32-24-11-10-19(27)13-22(24)23(15-28)30-32/h11-14,16,19-21,23-24,32H,4-10,15,17-18H2,1-3H3;12,14,16-17,19-21,31H,4-11,13,15H2,1-3H3;11-12,14,17-19,21-22,29H,4-10,13,15-16H2,1-3H3;10-11,13,17-18,20-21,29H,3-9,12,14,16H2,1-2H3. The predicted molar refractivity (Wildman–Crippen MR) is 572 cm³/mol. The lowest BCUT2D eigenvalue weighted by Crippen LogP contribution is -2.45. The van der Waals surface area contributed by atoms with Crippen molar-refractivity contribution >= 4 is 164 Å². The lowest BCUT2D eigenvalue weighted by atomic mass is 9.76. The van der Waals surface area contributed by atoms with E-state index in [1.165, 1.54) is 31.9 Å². The molecule has 27 nitrogen and oxygen atoms in total. The van der Waals surface area contributed by atoms with Gasteiger partial charge in [-0.15, -0.1) is 0 Å². The van der Waals surface area contributed by atoms with Crippen LogP contribution in [0, 0.1) is 58.7 Å². The summed E-state index contributed by atoms with van der Waals surface area (Å²) in [6, 6.07) is 23.5. The summed E-state index contributed by atoms with van der Waals surface area (Å²) in [5, 5.41) is 36.4. The summed E-state index contributed by atoms with van der Waals surface area (Å²) in [6.45, 7) is 14.2. The number of carbonyl (C=O) groups is 9. The van der Waals surface area contributed by atoms with Gasteiger partial charge < -0.3 is 54.6 Å². The van der Waals surface area contributed by atoms with Crippen LogP contribution in [-0.2, 0) is 81.4 Å². The molecule has 4 N–H and O–H groups in total. The Morgan fingerprint density at radius 3 is 1.10 bits per heavy atom. The molecule has 8 aliphatic rings. The van der Waals surface area contributed by atoms with E-state index in [-0.39, 0.29) is 154 Å². The van der Waals surface area contributed by atoms with Crippen LogP contribution < -0.4 is 21.3 Å². The van der Waals surface area contributed by atoms with Crippen LogP contribution in [0.5, 0.6) is 0 Å². The molecule has 4 saturated heterocycles. The number of nitrogens with zero attached hydrogens (tertiary/aromatic N) is 12. The molecule has 4 amide bonds. The molecule has 9 aromatic rings. The molecule has 12 atom stereocenters. The minimum absolute atomic E-state index is 0.000683. The molecule has 4 aliphatic carbocycles. The van der Waals surface area contributed by atoms with Crippen LogP contribution in [0.25, 0.3) is 54.9 Å². The molecule has 4 saturated carbocycles. The average molecular weight is 2090 g/mol. The van der Waals surface area contributed by atoms with Gasteiger partial charge in [-0.3, -0.25) is 52.5 Å². The van der Waals surface area contributed by atoms with E-state index in [1.54, 1.807) is 70.7 Å². The number of likely N-dealkylation sites (tertiary alicyclic amines) is 4. The summed E-state index contributed by atoms with van der Waals surface area (Å²) in [5.41, 5.74) is 6.66. The van der Waals surface area contributed by atoms with Crippen molar-refractivity contribution in [3.05, 3.63) is 134 Å². The van der Waals surface area contributed by atoms with Gasteiger partial charge in [-0.1, -0.05) is 135 Å². The zero-order chi connectivity index (χ0) is 103. The number of halogens is 5. The first-order valence-electron chi connectivity index (χ1n) is 52.9. The second kappa shape index (κ2) is 50.9. The van der Waals surface area contributed by atoms with E-state index in [4.69, 9.17) is 58.0 Å². The quantitative estimate of drug-likeness (QED) is 0.0268. The third-order valence-electron chi connectivity index (χ3n) is 33.0. The number of nitrogens with one attached hydrogen (secondary N) is 4. The number of amides is 4. The number of aryl methyl sites for hydroxylation is 1. The second-order valence-corrected chi connectivity index (χ2v) is 46.3. The average Bonchev–Trinajstić information content (AvgIpc) is 1.59. The van der Waals surface area contributed by atoms with Gasteiger partial charge in [0, 0.05) is 210 Å². The van der Waals surface area contributed by atoms with Gasteiger partial charge in [0.25, 0.3) is 0 Å². The van der Waals surface area contributed by atoms with E-state index in [0.717, 1.165) is 217 Å². The van der Waals surface area contributed by atoms with Crippen molar-refractivity contribution in [2.45, 2.75) is 319 Å². The summed E-state index contributed by atoms with van der Waals surface area (Å²) in [5.74, 6) is 0.948. The fraction of sp³-hybridized carbons (Fsp3) is 0.604. The van der Waals surface area contributed by atoms with Gasteiger partial charge in [0.1, 0.15) is 29.2 Å². The van der Waals surface area contributed by atoms with Crippen LogP contribution in [0.2, 0.25) is 25.1 Å². The third-order valence-corrected chi connectivity index (χ3v) is 35.6. The van der Waals surface area contributed by atoms with Crippen molar-refractivity contribution in [3.63, 3.8) is 0 Å². The number of aromatic nitrogens is 7. The topological polar surface area (TPSA) is 323 Å². The van der Waals surface area contributed by atoms with Crippen LogP contribution in [0.15, 0.2) is 102 Å². The maximum absolute atomic E-state index is 14.2. The highest BCUT2D eigenvalue weighted by Crippen LogP contribution is 2.44. The van der Waals surface area contributed by atoms with Crippen molar-refractivity contribution in [2.75, 3.05) is 60.6 Å². The fourth-order valence-electron chi connectivity index (χ4n) is 24.2. The van der Waals surface area contributed by atoms with Gasteiger partial charge in [0.15, 0.2) is 21.3 Å². The van der Waals surface area contributed by atoms with Crippen LogP contribution in [0.1, 0.15) is 256 Å². The molecule has 0 spiro atoms. The maximum atomic E-state index is 14.2. The Labute approximate surface area is 874 Å². The lowest BCUT2D eigenvalue weighted by Gasteiger charge is -2.35. The molecule has 0 radical (unpaired) electrons. The van der Waals surface area contributed by atoms with E-state index < -0.39 is 9.84 Å². The van der Waals surface area contributed by atoms with Crippen molar-refractivity contribution in [3.8, 4) is 17.3 Å². The fourth-order valence-corrected chi connectivity index (χ4v) is 25.9. The molecule has 0 bridgehead atoms. The van der Waals surface area contributed by atoms with Crippen LogP contribution in [0.4, 0.5) is 0 Å². The van der Waals surface area contributed by atoms with E-state index in [1.807, 2.05) is 118 Å². The molecule has 4 aromatic carbocycles. The van der Waals surface area contributed by atoms with E-state index in [9.17, 15) is 56.8 Å². The molecule has 5 aromatic heterocycles. The second-order valence-electron chi connectivity index (χ2n) is 42.2. The minimum Gasteiger partial charge on any atom is -0.345 e. The van der Waals surface area contributed by atoms with Gasteiger partial charge in [-0.2, -0.15) is 15.5 Å². The van der Waals surface area contributed by atoms with E-state index in [0.29, 0.717) is 106 Å². The summed E-state index contributed by atoms with van der Waals surface area (Å²) in [7, 11) is 5.66. The Morgan fingerprint density at radius 2 is 0.750 bits per heavy atom. The molecule has 33 heteroatoms. The molecule has 12 unspecified atom stereocenters. The highest BCUT2D eigenvalue weighted by Gasteiger charge is 2.46. The van der Waals surface area contributed by atoms with Gasteiger partial charge in [0.05, 0.1) is 68.4 Å². The van der Waals surface area contributed by atoms with Crippen molar-refractivity contribution in [2.24, 2.45) is 54.4 Å². The van der Waals surface area contributed by atoms with Gasteiger partial charge in [-0.05, 0) is 262 Å². The normalized spacial score (nSPS) is 20.7. The Morgan fingerprint density at radius 1 is 0.410 bits per heavy atom. The molecule has 780 valence electrons. The molecule has 9 heterocycles. The predicted octanol–water partition coefficient (Wildman–Crippen LogP) is 20.1. The first-order valence-corrected chi connectivity index (χ1v) is 56.7. The van der Waals surface area contributed by atoms with Crippen LogP contribution >= 0.6 is 58.0 Å². The number of Topliss-reactive ketones (excluding diaryl/α,β-unsaturated/α-hetero) is 5. The number of rotatable bonds is 35. The number of fused-ring (bicyclic) bond motifs is 4. The Balaban J connectivity index is 0.000000152. The molecule has 17 rings (SSSR count). The first-order chi connectivity index (χ1) is 69.1. The summed E-state index contributed by atoms with van der Waals surface area (Å²) >= 11 is 31.3. The Bertz CT molecular complexity index is 6210. The molecule has 4 aliphatic heterocycles. The van der Waals surface area contributed by atoms with Gasteiger partial charge >= 0.3 is 0 Å². The monoisotopic (exact) mass is 2090 g/mol. The molecular formula is C111H149Cl5N16O11S. The van der Waals surface area contributed by atoms with E-state index in [2.05, 4.69) is 59.3 Å². The number of benzene rings is 4. The largest absolute Gasteiger partial charge is 0.345 e. The van der Waals surface area contributed by atoms with Crippen molar-refractivity contribution < 1.29 is 51.6 Å². The number of ketones is 5. The zero-order valence-electron chi connectivity index (χ0n) is 85.9. The summed E-state index contributed by atoms with van der Waals surface area (Å²) in [4.78, 5) is 128. The third kappa shape index (κ3) is 26.5. The Kier molecular flexibility index (Phi) is 39.2. The highest BCUT2D eigenvalue weighted by atomic mass is 35.5. The number of nitriles is 1. The van der Waals surface area contributed by atoms with Crippen LogP contribution in [0.3, 0.4) is 0 Å². The van der Waals surface area contributed by atoms with E-state index >= 15 is 0 Å². The number of likely N-dealkylation sites (N-methyl/N-ethyl adjacent to an activating group) is 4. The molecule has 144 heavy (non-hydrogen) atoms. The number of carbonyl (C=O) groups excluding carboxylic acids is 9. The van der Waals surface area contributed by atoms with Crippen molar-refractivity contribution in [1.82, 2.24) is 74.1 Å². The number of hydrogen-bond donors (Lipinski definition) is 4. The van der Waals surface area contributed by atoms with Gasteiger partial charge in [0.2, 0.25) is 23.6 Å².